The largest absolute Gasteiger partial charge is 0.459 e. The summed E-state index contributed by atoms with van der Waals surface area (Å²) in [5.41, 5.74) is 1.00. The summed E-state index contributed by atoms with van der Waals surface area (Å²) >= 11 is 0. The van der Waals surface area contributed by atoms with Crippen LogP contribution in [0, 0.1) is 0 Å². The maximum atomic E-state index is 12.3. The van der Waals surface area contributed by atoms with Crippen LogP contribution in [0.4, 0.5) is 0 Å². The number of hydrogen-bond donors (Lipinski definition) is 0. The van der Waals surface area contributed by atoms with Crippen molar-refractivity contribution in [3.63, 3.8) is 0 Å². The molecule has 0 aromatic heterocycles. The Hall–Kier alpha value is -1.84. The van der Waals surface area contributed by atoms with Crippen molar-refractivity contribution in [1.29, 1.82) is 0 Å². The van der Waals surface area contributed by atoms with Gasteiger partial charge in [-0.05, 0) is 75.6 Å². The van der Waals surface area contributed by atoms with E-state index in [4.69, 9.17) is 9.47 Å². The Kier molecular flexibility index (Phi) is 7.10. The third-order valence-corrected chi connectivity index (χ3v) is 5.51. The molecule has 4 nitrogen and oxygen atoms in total. The van der Waals surface area contributed by atoms with E-state index in [1.165, 1.54) is 25.7 Å². The van der Waals surface area contributed by atoms with E-state index in [-0.39, 0.29) is 24.1 Å². The first-order chi connectivity index (χ1) is 12.7. The number of carbonyl (C=O) groups is 2. The Morgan fingerprint density at radius 1 is 0.577 bits per heavy atom. The van der Waals surface area contributed by atoms with Gasteiger partial charge in [-0.2, -0.15) is 0 Å². The number of hydrogen-bond acceptors (Lipinski definition) is 4. The molecule has 2 saturated carbocycles. The minimum atomic E-state index is -0.291. The van der Waals surface area contributed by atoms with E-state index in [0.717, 1.165) is 51.4 Å². The van der Waals surface area contributed by atoms with E-state index in [9.17, 15) is 9.59 Å². The Morgan fingerprint density at radius 2 is 0.885 bits per heavy atom. The normalized spacial score (nSPS) is 20.0. The van der Waals surface area contributed by atoms with Crippen molar-refractivity contribution in [1.82, 2.24) is 0 Å². The van der Waals surface area contributed by atoms with Gasteiger partial charge in [0.1, 0.15) is 12.2 Å². The second kappa shape index (κ2) is 9.75. The van der Waals surface area contributed by atoms with Crippen LogP contribution in [0.15, 0.2) is 24.3 Å². The molecule has 0 heterocycles. The van der Waals surface area contributed by atoms with E-state index in [1.54, 1.807) is 24.3 Å². The van der Waals surface area contributed by atoms with Crippen molar-refractivity contribution in [3.05, 3.63) is 35.4 Å². The van der Waals surface area contributed by atoms with Crippen molar-refractivity contribution in [2.24, 2.45) is 0 Å². The van der Waals surface area contributed by atoms with E-state index >= 15 is 0 Å². The molecule has 0 N–H and O–H groups in total. The summed E-state index contributed by atoms with van der Waals surface area (Å²) in [7, 11) is 0. The van der Waals surface area contributed by atoms with Crippen molar-refractivity contribution >= 4 is 11.9 Å². The molecule has 0 aliphatic heterocycles. The van der Waals surface area contributed by atoms with E-state index in [1.807, 2.05) is 0 Å². The topological polar surface area (TPSA) is 52.6 Å². The lowest BCUT2D eigenvalue weighted by Gasteiger charge is -2.16. The van der Waals surface area contributed by atoms with Gasteiger partial charge < -0.3 is 9.47 Å². The van der Waals surface area contributed by atoms with Gasteiger partial charge in [-0.1, -0.05) is 25.7 Å². The lowest BCUT2D eigenvalue weighted by atomic mass is 10.1. The Morgan fingerprint density at radius 3 is 1.19 bits per heavy atom. The first kappa shape index (κ1) is 18.9. The molecule has 4 heteroatoms. The number of benzene rings is 1. The fraction of sp³-hybridized carbons (Fsp3) is 0.636. The quantitative estimate of drug-likeness (QED) is 0.531. The van der Waals surface area contributed by atoms with Crippen LogP contribution in [0.5, 0.6) is 0 Å². The summed E-state index contributed by atoms with van der Waals surface area (Å²) < 4.78 is 11.3. The Labute approximate surface area is 156 Å². The van der Waals surface area contributed by atoms with Crippen molar-refractivity contribution in [3.8, 4) is 0 Å². The number of carbonyl (C=O) groups excluding carboxylic acids is 2. The zero-order chi connectivity index (χ0) is 18.2. The lowest BCUT2D eigenvalue weighted by molar-refractivity contribution is 0.0252. The monoisotopic (exact) mass is 358 g/mol. The fourth-order valence-electron chi connectivity index (χ4n) is 3.90. The van der Waals surface area contributed by atoms with E-state index < -0.39 is 0 Å². The molecule has 2 fully saturated rings. The van der Waals surface area contributed by atoms with Gasteiger partial charge in [0.05, 0.1) is 11.1 Å². The molecule has 0 unspecified atom stereocenters. The summed E-state index contributed by atoms with van der Waals surface area (Å²) in [5.74, 6) is -0.582. The van der Waals surface area contributed by atoms with Crippen LogP contribution in [0.3, 0.4) is 0 Å². The zero-order valence-corrected chi connectivity index (χ0v) is 15.6. The van der Waals surface area contributed by atoms with Gasteiger partial charge in [-0.25, -0.2) is 9.59 Å². The summed E-state index contributed by atoms with van der Waals surface area (Å²) in [5, 5.41) is 0. The summed E-state index contributed by atoms with van der Waals surface area (Å²) in [6.45, 7) is 0. The molecule has 3 rings (SSSR count). The standard InChI is InChI=1S/C22H30O4/c23-21(25-19-9-5-1-2-6-10-19)17-13-15-18(16-14-17)22(24)26-20-11-7-3-4-8-12-20/h13-16,19-20H,1-12H2. The van der Waals surface area contributed by atoms with E-state index in [0.29, 0.717) is 11.1 Å². The highest BCUT2D eigenvalue weighted by Gasteiger charge is 2.20. The van der Waals surface area contributed by atoms with Crippen LogP contribution in [0.25, 0.3) is 0 Å². The molecular formula is C22H30O4. The summed E-state index contributed by atoms with van der Waals surface area (Å²) in [6.07, 6.45) is 13.3. The van der Waals surface area contributed by atoms with Crippen LogP contribution in [-0.4, -0.2) is 24.1 Å². The molecule has 2 aliphatic rings. The molecule has 0 saturated heterocycles. The average Bonchev–Trinajstić information content (AvgIpc) is 3.07. The lowest BCUT2D eigenvalue weighted by Crippen LogP contribution is -2.19. The average molecular weight is 358 g/mol. The summed E-state index contributed by atoms with van der Waals surface area (Å²) in [6, 6.07) is 6.68. The van der Waals surface area contributed by atoms with E-state index in [2.05, 4.69) is 0 Å². The minimum Gasteiger partial charge on any atom is -0.459 e. The molecule has 2 aliphatic carbocycles. The maximum absolute atomic E-state index is 12.3. The number of esters is 2. The van der Waals surface area contributed by atoms with Gasteiger partial charge >= 0.3 is 11.9 Å². The number of ether oxygens (including phenoxy) is 2. The van der Waals surface area contributed by atoms with Crippen LogP contribution in [0.2, 0.25) is 0 Å². The van der Waals surface area contributed by atoms with Crippen LogP contribution >= 0.6 is 0 Å². The van der Waals surface area contributed by atoms with Crippen LogP contribution in [-0.2, 0) is 9.47 Å². The van der Waals surface area contributed by atoms with Crippen molar-refractivity contribution in [2.75, 3.05) is 0 Å². The van der Waals surface area contributed by atoms with Gasteiger partial charge in [0.2, 0.25) is 0 Å². The van der Waals surface area contributed by atoms with Gasteiger partial charge in [0, 0.05) is 0 Å². The predicted molar refractivity (Wildman–Crippen MR) is 100 cm³/mol. The third-order valence-electron chi connectivity index (χ3n) is 5.51. The Balaban J connectivity index is 1.53. The smallest absolute Gasteiger partial charge is 0.338 e. The molecule has 142 valence electrons. The highest BCUT2D eigenvalue weighted by Crippen LogP contribution is 2.22. The second-order valence-electron chi connectivity index (χ2n) is 7.62. The zero-order valence-electron chi connectivity index (χ0n) is 15.6. The maximum Gasteiger partial charge on any atom is 0.338 e. The minimum absolute atomic E-state index is 0.0323. The second-order valence-corrected chi connectivity index (χ2v) is 7.62. The Bertz CT molecular complexity index is 524. The third kappa shape index (κ3) is 5.58. The molecule has 26 heavy (non-hydrogen) atoms. The van der Waals surface area contributed by atoms with Crippen molar-refractivity contribution < 1.29 is 19.1 Å². The van der Waals surface area contributed by atoms with Crippen LogP contribution in [0.1, 0.15) is 97.8 Å². The molecule has 1 aromatic rings. The molecular weight excluding hydrogens is 328 g/mol. The molecule has 0 atom stereocenters. The highest BCUT2D eigenvalue weighted by atomic mass is 16.5. The van der Waals surface area contributed by atoms with Gasteiger partial charge in [-0.3, -0.25) is 0 Å². The fourth-order valence-corrected chi connectivity index (χ4v) is 3.90. The number of rotatable bonds is 4. The highest BCUT2D eigenvalue weighted by molar-refractivity contribution is 5.93. The SMILES string of the molecule is O=C(OC1CCCCCC1)c1ccc(C(=O)OC2CCCCCC2)cc1. The molecule has 1 aromatic carbocycles. The van der Waals surface area contributed by atoms with Crippen LogP contribution < -0.4 is 0 Å². The first-order valence-corrected chi connectivity index (χ1v) is 10.2. The van der Waals surface area contributed by atoms with Gasteiger partial charge in [-0.15, -0.1) is 0 Å². The first-order valence-electron chi connectivity index (χ1n) is 10.2. The van der Waals surface area contributed by atoms with Crippen molar-refractivity contribution in [2.45, 2.75) is 89.3 Å². The van der Waals surface area contributed by atoms with Gasteiger partial charge in [0.25, 0.3) is 0 Å². The van der Waals surface area contributed by atoms with Gasteiger partial charge in [0.15, 0.2) is 0 Å². The summed E-state index contributed by atoms with van der Waals surface area (Å²) in [4.78, 5) is 24.6. The molecule has 0 bridgehead atoms. The molecule has 0 radical (unpaired) electrons. The molecule has 0 amide bonds. The predicted octanol–water partition coefficient (Wildman–Crippen LogP) is 5.45. The molecule has 0 spiro atoms.